The second-order valence-electron chi connectivity index (χ2n) is 4.23. The van der Waals surface area contributed by atoms with Crippen LogP contribution in [0.2, 0.25) is 0 Å². The molecule has 1 saturated carbocycles. The van der Waals surface area contributed by atoms with Gasteiger partial charge in [0.2, 0.25) is 0 Å². The normalized spacial score (nSPS) is 20.2. The molecule has 1 rings (SSSR count). The quantitative estimate of drug-likeness (QED) is 0.613. The van der Waals surface area contributed by atoms with E-state index in [1.165, 1.54) is 0 Å². The van der Waals surface area contributed by atoms with E-state index in [1.54, 1.807) is 25.3 Å². The molecule has 0 radical (unpaired) electrons. The van der Waals surface area contributed by atoms with Crippen LogP contribution in [0.25, 0.3) is 0 Å². The first-order valence-corrected chi connectivity index (χ1v) is 6.63. The number of carbonyl (C=O) groups is 1. The summed E-state index contributed by atoms with van der Waals surface area (Å²) in [5, 5.41) is 4.07. The van der Waals surface area contributed by atoms with Gasteiger partial charge in [-0.1, -0.05) is 29.8 Å². The molecule has 0 aliphatic heterocycles. The molecule has 1 fully saturated rings. The molecular formula is C14H17Cl2NO. The van der Waals surface area contributed by atoms with Gasteiger partial charge in [-0.25, -0.2) is 0 Å². The zero-order valence-electron chi connectivity index (χ0n) is 10.4. The molecule has 1 N–H and O–H groups in total. The molecule has 0 heterocycles. The lowest BCUT2D eigenvalue weighted by Crippen LogP contribution is -2.12. The van der Waals surface area contributed by atoms with Crippen LogP contribution >= 0.6 is 23.2 Å². The van der Waals surface area contributed by atoms with Gasteiger partial charge >= 0.3 is 0 Å². The maximum atomic E-state index is 11.6. The summed E-state index contributed by atoms with van der Waals surface area (Å²) in [6.07, 6.45) is 8.55. The lowest BCUT2D eigenvalue weighted by molar-refractivity contribution is -0.116. The van der Waals surface area contributed by atoms with Gasteiger partial charge in [-0.05, 0) is 38.3 Å². The third kappa shape index (κ3) is 5.56. The maximum absolute atomic E-state index is 11.6. The summed E-state index contributed by atoms with van der Waals surface area (Å²) in [5.41, 5.74) is 1.45. The molecule has 0 atom stereocenters. The van der Waals surface area contributed by atoms with Crippen molar-refractivity contribution < 1.29 is 4.79 Å². The standard InChI is InChI=1S/C14H17Cl2NO/c1-10(15)7-13(16)8-11(2)17-9-12-5-3-4-6-14(12)18/h7-9,17H,2-6H2,1H3/b10-7+,12-9+,13-8+. The molecule has 4 heteroatoms. The van der Waals surface area contributed by atoms with Crippen LogP contribution in [0, 0.1) is 0 Å². The molecule has 0 amide bonds. The first-order chi connectivity index (χ1) is 8.49. The zero-order valence-corrected chi connectivity index (χ0v) is 11.9. The van der Waals surface area contributed by atoms with E-state index in [0.29, 0.717) is 22.2 Å². The lowest BCUT2D eigenvalue weighted by Gasteiger charge is -2.12. The van der Waals surface area contributed by atoms with Gasteiger partial charge in [0.15, 0.2) is 5.78 Å². The molecule has 18 heavy (non-hydrogen) atoms. The fourth-order valence-corrected chi connectivity index (χ4v) is 2.14. The Hall–Kier alpha value is -0.990. The average Bonchev–Trinajstić information content (AvgIpc) is 2.26. The van der Waals surface area contributed by atoms with Crippen molar-refractivity contribution in [2.24, 2.45) is 0 Å². The number of rotatable bonds is 4. The topological polar surface area (TPSA) is 29.1 Å². The maximum Gasteiger partial charge on any atom is 0.160 e. The van der Waals surface area contributed by atoms with Gasteiger partial charge < -0.3 is 5.32 Å². The highest BCUT2D eigenvalue weighted by Crippen LogP contribution is 2.19. The van der Waals surface area contributed by atoms with Crippen molar-refractivity contribution in [3.05, 3.63) is 46.3 Å². The summed E-state index contributed by atoms with van der Waals surface area (Å²) in [6, 6.07) is 0. The van der Waals surface area contributed by atoms with Crippen LogP contribution in [0.15, 0.2) is 46.3 Å². The molecule has 1 aliphatic carbocycles. The summed E-state index contributed by atoms with van der Waals surface area (Å²) >= 11 is 11.6. The Morgan fingerprint density at radius 1 is 1.28 bits per heavy atom. The van der Waals surface area contributed by atoms with Gasteiger partial charge in [-0.15, -0.1) is 0 Å². The number of hydrogen-bond acceptors (Lipinski definition) is 2. The molecular weight excluding hydrogens is 269 g/mol. The van der Waals surface area contributed by atoms with E-state index < -0.39 is 0 Å². The van der Waals surface area contributed by atoms with Crippen LogP contribution in [0.5, 0.6) is 0 Å². The van der Waals surface area contributed by atoms with Crippen molar-refractivity contribution in [2.75, 3.05) is 0 Å². The lowest BCUT2D eigenvalue weighted by atomic mass is 9.94. The number of halogens is 2. The highest BCUT2D eigenvalue weighted by molar-refractivity contribution is 6.34. The Morgan fingerprint density at radius 2 is 1.94 bits per heavy atom. The summed E-state index contributed by atoms with van der Waals surface area (Å²) in [5.74, 6) is 0.216. The van der Waals surface area contributed by atoms with Gasteiger partial charge in [-0.2, -0.15) is 0 Å². The highest BCUT2D eigenvalue weighted by Gasteiger charge is 2.14. The molecule has 1 aliphatic rings. The summed E-state index contributed by atoms with van der Waals surface area (Å²) in [6.45, 7) is 5.56. The van der Waals surface area contributed by atoms with Crippen LogP contribution in [-0.4, -0.2) is 5.78 Å². The van der Waals surface area contributed by atoms with Gasteiger partial charge in [0.05, 0.1) is 0 Å². The van der Waals surface area contributed by atoms with Crippen LogP contribution in [0.4, 0.5) is 0 Å². The first-order valence-electron chi connectivity index (χ1n) is 5.87. The number of hydrogen-bond donors (Lipinski definition) is 1. The Bertz CT molecular complexity index is 429. The Balaban J connectivity index is 2.58. The van der Waals surface area contributed by atoms with Crippen molar-refractivity contribution in [3.8, 4) is 0 Å². The van der Waals surface area contributed by atoms with Crippen molar-refractivity contribution in [1.29, 1.82) is 0 Å². The first kappa shape index (κ1) is 15.1. The number of Topliss-reactive ketones (excluding diaryl/α,β-unsaturated/α-hetero) is 1. The summed E-state index contributed by atoms with van der Waals surface area (Å²) in [7, 11) is 0. The Labute approximate surface area is 118 Å². The fourth-order valence-electron chi connectivity index (χ4n) is 1.67. The largest absolute Gasteiger partial charge is 0.362 e. The van der Waals surface area contributed by atoms with Gasteiger partial charge in [0.1, 0.15) is 0 Å². The third-order valence-corrected chi connectivity index (χ3v) is 2.87. The molecule has 0 bridgehead atoms. The fraction of sp³-hybridized carbons (Fsp3) is 0.357. The van der Waals surface area contributed by atoms with Crippen molar-refractivity contribution >= 4 is 29.0 Å². The van der Waals surface area contributed by atoms with Gasteiger partial charge in [-0.3, -0.25) is 4.79 Å². The van der Waals surface area contributed by atoms with Crippen LogP contribution in [0.1, 0.15) is 32.6 Å². The second-order valence-corrected chi connectivity index (χ2v) is 5.26. The zero-order chi connectivity index (χ0) is 13.5. The van der Waals surface area contributed by atoms with E-state index in [1.807, 2.05) is 0 Å². The van der Waals surface area contributed by atoms with Crippen LogP contribution in [0.3, 0.4) is 0 Å². The molecule has 2 nitrogen and oxygen atoms in total. The summed E-state index contributed by atoms with van der Waals surface area (Å²) < 4.78 is 0. The van der Waals surface area contributed by atoms with Crippen LogP contribution in [-0.2, 0) is 4.79 Å². The molecule has 0 unspecified atom stereocenters. The predicted molar refractivity (Wildman–Crippen MR) is 77.4 cm³/mol. The second kappa shape index (κ2) is 7.45. The van der Waals surface area contributed by atoms with E-state index >= 15 is 0 Å². The number of nitrogens with one attached hydrogen (secondary N) is 1. The number of ketones is 1. The molecule has 0 aromatic carbocycles. The van der Waals surface area contributed by atoms with Crippen LogP contribution < -0.4 is 5.32 Å². The monoisotopic (exact) mass is 285 g/mol. The Morgan fingerprint density at radius 3 is 2.56 bits per heavy atom. The summed E-state index contributed by atoms with van der Waals surface area (Å²) in [4.78, 5) is 11.6. The molecule has 0 spiro atoms. The van der Waals surface area contributed by atoms with Gasteiger partial charge in [0.25, 0.3) is 0 Å². The van der Waals surface area contributed by atoms with E-state index in [-0.39, 0.29) is 5.78 Å². The number of carbonyl (C=O) groups excluding carboxylic acids is 1. The highest BCUT2D eigenvalue weighted by atomic mass is 35.5. The molecule has 0 aromatic heterocycles. The molecule has 98 valence electrons. The minimum Gasteiger partial charge on any atom is -0.362 e. The van der Waals surface area contributed by atoms with E-state index in [2.05, 4.69) is 11.9 Å². The molecule has 0 saturated heterocycles. The smallest absolute Gasteiger partial charge is 0.160 e. The Kier molecular flexibility index (Phi) is 6.23. The van der Waals surface area contributed by atoms with E-state index in [9.17, 15) is 4.79 Å². The minimum atomic E-state index is 0.216. The number of allylic oxidation sites excluding steroid dienone is 5. The van der Waals surface area contributed by atoms with E-state index in [4.69, 9.17) is 23.2 Å². The third-order valence-electron chi connectivity index (χ3n) is 2.54. The SMILES string of the molecule is C=C(/C=C(Cl)\C=C(/C)Cl)N/C=C1\CCCCC1=O. The predicted octanol–water partition coefficient (Wildman–Crippen LogP) is 4.38. The van der Waals surface area contributed by atoms with Gasteiger partial charge in [0, 0.05) is 34.0 Å². The van der Waals surface area contributed by atoms with Crippen molar-refractivity contribution in [3.63, 3.8) is 0 Å². The average molecular weight is 286 g/mol. The van der Waals surface area contributed by atoms with E-state index in [0.717, 1.165) is 24.8 Å². The van der Waals surface area contributed by atoms with Crippen molar-refractivity contribution in [1.82, 2.24) is 5.32 Å². The molecule has 0 aromatic rings. The van der Waals surface area contributed by atoms with Crippen molar-refractivity contribution in [2.45, 2.75) is 32.6 Å². The minimum absolute atomic E-state index is 0.216.